The molecular formula is C20H22IN5O. The molecule has 0 fully saturated rings. The van der Waals surface area contributed by atoms with Crippen LogP contribution in [0.25, 0.3) is 11.4 Å². The largest absolute Gasteiger partial charge is 0.348 e. The molecule has 1 aromatic carbocycles. The number of hydrogen-bond acceptors (Lipinski definition) is 5. The average molecular weight is 475 g/mol. The van der Waals surface area contributed by atoms with Gasteiger partial charge in [-0.25, -0.2) is 0 Å². The second-order valence-electron chi connectivity index (χ2n) is 6.87. The lowest BCUT2D eigenvalue weighted by atomic mass is 10.1. The Labute approximate surface area is 172 Å². The van der Waals surface area contributed by atoms with Crippen LogP contribution in [0.2, 0.25) is 0 Å². The first-order chi connectivity index (χ1) is 13.1. The fourth-order valence-electron chi connectivity index (χ4n) is 3.35. The molecule has 0 saturated heterocycles. The molecule has 2 aromatic rings. The Kier molecular flexibility index (Phi) is 5.40. The summed E-state index contributed by atoms with van der Waals surface area (Å²) in [5.41, 5.74) is 3.34. The number of aromatic nitrogens is 3. The molecule has 0 bridgehead atoms. The summed E-state index contributed by atoms with van der Waals surface area (Å²) in [5.74, 6) is 1.08. The van der Waals surface area contributed by atoms with E-state index < -0.39 is 0 Å². The van der Waals surface area contributed by atoms with Crippen LogP contribution in [0, 0.1) is 6.92 Å². The zero-order valence-corrected chi connectivity index (χ0v) is 17.3. The number of fused-ring (bicyclic) bond motifs is 1. The Morgan fingerprint density at radius 1 is 1.33 bits per heavy atom. The van der Waals surface area contributed by atoms with Crippen molar-refractivity contribution in [3.05, 3.63) is 53.6 Å². The van der Waals surface area contributed by atoms with Crippen molar-refractivity contribution in [3.8, 4) is 11.4 Å². The van der Waals surface area contributed by atoms with Crippen LogP contribution in [0.5, 0.6) is 0 Å². The second-order valence-corrected chi connectivity index (χ2v) is 8.21. The number of carbonyl (C=O) groups is 1. The van der Waals surface area contributed by atoms with Crippen LogP contribution in [-0.4, -0.2) is 43.7 Å². The van der Waals surface area contributed by atoms with Crippen molar-refractivity contribution in [2.75, 3.05) is 18.4 Å². The Balaban J connectivity index is 1.48. The molecule has 6 nitrogen and oxygen atoms in total. The number of benzene rings is 1. The van der Waals surface area contributed by atoms with E-state index in [1.165, 1.54) is 10.3 Å². The van der Waals surface area contributed by atoms with E-state index in [-0.39, 0.29) is 15.9 Å². The van der Waals surface area contributed by atoms with Gasteiger partial charge in [-0.1, -0.05) is 65.1 Å². The highest BCUT2D eigenvalue weighted by Gasteiger charge is 2.35. The molecule has 1 aliphatic carbocycles. The van der Waals surface area contributed by atoms with Crippen molar-refractivity contribution in [2.24, 2.45) is 0 Å². The van der Waals surface area contributed by atoms with Gasteiger partial charge < -0.3 is 10.6 Å². The van der Waals surface area contributed by atoms with E-state index in [0.29, 0.717) is 18.3 Å². The lowest BCUT2D eigenvalue weighted by Gasteiger charge is -2.28. The standard InChI is InChI=1S/C20H22IN5O/c1-13-7-5-6-10-15(13)18-24-20-23-16(17(21)19(27)26(20)25-18)12-22-11-14-8-3-2-4-9-14/h3,5-10,16-17,22H,2,4,11-12H2,1H3,(H,23,24,25). The van der Waals surface area contributed by atoms with Gasteiger partial charge in [0, 0.05) is 18.7 Å². The van der Waals surface area contributed by atoms with Gasteiger partial charge in [-0.2, -0.15) is 9.67 Å². The first-order valence-electron chi connectivity index (χ1n) is 9.17. The topological polar surface area (TPSA) is 71.8 Å². The quantitative estimate of drug-likeness (QED) is 0.513. The van der Waals surface area contributed by atoms with Crippen LogP contribution in [0.15, 0.2) is 48.1 Å². The number of nitrogens with one attached hydrogen (secondary N) is 2. The predicted octanol–water partition coefficient (Wildman–Crippen LogP) is 3.36. The summed E-state index contributed by atoms with van der Waals surface area (Å²) in [6.45, 7) is 3.53. The fraction of sp³-hybridized carbons (Fsp3) is 0.350. The lowest BCUT2D eigenvalue weighted by Crippen LogP contribution is -2.49. The Morgan fingerprint density at radius 2 is 2.19 bits per heavy atom. The van der Waals surface area contributed by atoms with Crippen molar-refractivity contribution in [3.63, 3.8) is 0 Å². The number of alkyl halides is 1. The van der Waals surface area contributed by atoms with Gasteiger partial charge in [0.05, 0.1) is 6.04 Å². The van der Waals surface area contributed by atoms with Gasteiger partial charge in [0.25, 0.3) is 5.91 Å². The molecule has 0 radical (unpaired) electrons. The summed E-state index contributed by atoms with van der Waals surface area (Å²) in [5, 5.41) is 11.3. The average Bonchev–Trinajstić information content (AvgIpc) is 3.11. The normalized spacial score (nSPS) is 21.6. The van der Waals surface area contributed by atoms with Gasteiger partial charge >= 0.3 is 0 Å². The van der Waals surface area contributed by atoms with Gasteiger partial charge in [-0.05, 0) is 30.9 Å². The molecule has 2 N–H and O–H groups in total. The minimum absolute atomic E-state index is 0.0207. The molecule has 1 aliphatic heterocycles. The molecule has 7 heteroatoms. The highest BCUT2D eigenvalue weighted by molar-refractivity contribution is 14.1. The summed E-state index contributed by atoms with van der Waals surface area (Å²) in [4.78, 5) is 17.4. The molecule has 27 heavy (non-hydrogen) atoms. The van der Waals surface area contributed by atoms with Crippen molar-refractivity contribution in [1.82, 2.24) is 20.1 Å². The first-order valence-corrected chi connectivity index (χ1v) is 10.4. The van der Waals surface area contributed by atoms with E-state index in [9.17, 15) is 4.79 Å². The number of hydrogen-bond donors (Lipinski definition) is 2. The van der Waals surface area contributed by atoms with Crippen LogP contribution in [0.3, 0.4) is 0 Å². The SMILES string of the molecule is Cc1ccccc1-c1nc2n(n1)C(=O)C(I)C(CNCC1=CCCC=C1)N2. The number of allylic oxidation sites excluding steroid dienone is 2. The molecule has 0 saturated carbocycles. The van der Waals surface area contributed by atoms with E-state index in [1.807, 2.05) is 31.2 Å². The summed E-state index contributed by atoms with van der Waals surface area (Å²) in [7, 11) is 0. The van der Waals surface area contributed by atoms with Crippen LogP contribution < -0.4 is 10.6 Å². The summed E-state index contributed by atoms with van der Waals surface area (Å²) in [6.07, 6.45) is 8.86. The van der Waals surface area contributed by atoms with Gasteiger partial charge in [0.15, 0.2) is 5.82 Å². The van der Waals surface area contributed by atoms with Crippen molar-refractivity contribution in [1.29, 1.82) is 0 Å². The second kappa shape index (κ2) is 7.93. The van der Waals surface area contributed by atoms with Crippen LogP contribution in [-0.2, 0) is 0 Å². The Morgan fingerprint density at radius 3 is 2.96 bits per heavy atom. The number of aryl methyl sites for hydroxylation is 1. The summed E-state index contributed by atoms with van der Waals surface area (Å²) < 4.78 is 1.20. The molecule has 2 unspecified atom stereocenters. The molecular weight excluding hydrogens is 453 g/mol. The highest BCUT2D eigenvalue weighted by Crippen LogP contribution is 2.26. The van der Waals surface area contributed by atoms with Crippen molar-refractivity contribution >= 4 is 34.4 Å². The van der Waals surface area contributed by atoms with E-state index in [4.69, 9.17) is 0 Å². The van der Waals surface area contributed by atoms with Crippen LogP contribution in [0.4, 0.5) is 5.95 Å². The number of carbonyl (C=O) groups excluding carboxylic acids is 1. The molecule has 2 heterocycles. The maximum Gasteiger partial charge on any atom is 0.265 e. The number of rotatable bonds is 5. The van der Waals surface area contributed by atoms with E-state index in [0.717, 1.165) is 30.5 Å². The maximum absolute atomic E-state index is 12.8. The minimum atomic E-state index is -0.204. The van der Waals surface area contributed by atoms with Crippen molar-refractivity contribution in [2.45, 2.75) is 29.7 Å². The Hall–Kier alpha value is -2.00. The third-order valence-electron chi connectivity index (χ3n) is 4.87. The van der Waals surface area contributed by atoms with E-state index in [1.54, 1.807) is 0 Å². The first kappa shape index (κ1) is 18.4. The fourth-order valence-corrected chi connectivity index (χ4v) is 4.05. The molecule has 2 atom stereocenters. The molecule has 4 rings (SSSR count). The van der Waals surface area contributed by atoms with Crippen molar-refractivity contribution < 1.29 is 4.79 Å². The van der Waals surface area contributed by atoms with Gasteiger partial charge in [0.1, 0.15) is 3.92 Å². The summed E-state index contributed by atoms with van der Waals surface area (Å²) >= 11 is 2.20. The third kappa shape index (κ3) is 3.84. The molecule has 0 spiro atoms. The summed E-state index contributed by atoms with van der Waals surface area (Å²) in [6, 6.07) is 7.92. The van der Waals surface area contributed by atoms with E-state index >= 15 is 0 Å². The van der Waals surface area contributed by atoms with Crippen LogP contribution in [0.1, 0.15) is 23.2 Å². The smallest absolute Gasteiger partial charge is 0.265 e. The monoisotopic (exact) mass is 475 g/mol. The minimum Gasteiger partial charge on any atom is -0.348 e. The maximum atomic E-state index is 12.8. The molecule has 140 valence electrons. The third-order valence-corrected chi connectivity index (χ3v) is 6.27. The predicted molar refractivity (Wildman–Crippen MR) is 115 cm³/mol. The highest BCUT2D eigenvalue weighted by atomic mass is 127. The van der Waals surface area contributed by atoms with Gasteiger partial charge in [0.2, 0.25) is 5.95 Å². The zero-order valence-electron chi connectivity index (χ0n) is 15.2. The molecule has 0 amide bonds. The van der Waals surface area contributed by atoms with Gasteiger partial charge in [-0.3, -0.25) is 4.79 Å². The van der Waals surface area contributed by atoms with Crippen LogP contribution >= 0.6 is 22.6 Å². The molecule has 2 aliphatic rings. The Bertz CT molecular complexity index is 917. The number of halogens is 1. The lowest BCUT2D eigenvalue weighted by molar-refractivity contribution is 0.0887. The van der Waals surface area contributed by atoms with Gasteiger partial charge in [-0.15, -0.1) is 5.10 Å². The number of nitrogens with zero attached hydrogens (tertiary/aromatic N) is 3. The van der Waals surface area contributed by atoms with E-state index in [2.05, 4.69) is 61.5 Å². The number of anilines is 1. The molecule has 1 aromatic heterocycles. The zero-order chi connectivity index (χ0) is 18.8.